The molecule has 0 saturated carbocycles. The van der Waals surface area contributed by atoms with E-state index in [2.05, 4.69) is 55.6 Å². The van der Waals surface area contributed by atoms with Crippen molar-refractivity contribution in [2.75, 3.05) is 26.4 Å². The van der Waals surface area contributed by atoms with Gasteiger partial charge in [0, 0.05) is 6.42 Å². The Bertz CT molecular complexity index is 2070. The summed E-state index contributed by atoms with van der Waals surface area (Å²) in [5.74, 6) is -0.234. The van der Waals surface area contributed by atoms with E-state index in [0.717, 1.165) is 57.8 Å². The molecule has 3 aliphatic heterocycles. The van der Waals surface area contributed by atoms with Gasteiger partial charge in [0.25, 0.3) is 0 Å². The van der Waals surface area contributed by atoms with Crippen LogP contribution in [0.5, 0.6) is 0 Å². The third-order valence-electron chi connectivity index (χ3n) is 22.5. The fraction of sp³-hybridized carbons (Fsp3) is 0.920. The normalized spacial score (nSPS) is 25.6. The number of carbonyl (C=O) groups is 1. The van der Waals surface area contributed by atoms with E-state index in [-0.39, 0.29) is 18.9 Å². The van der Waals surface area contributed by atoms with E-state index in [9.17, 15) is 61.0 Å². The lowest BCUT2D eigenvalue weighted by Gasteiger charge is -2.48. The minimum Gasteiger partial charge on any atom is -0.394 e. The number of hydrogen-bond donors (Lipinski definition) is 12. The first kappa shape index (κ1) is 99.2. The molecule has 0 aromatic carbocycles. The molecule has 19 heteroatoms. The highest BCUT2D eigenvalue weighted by Crippen LogP contribution is 2.34. The van der Waals surface area contributed by atoms with Crippen molar-refractivity contribution < 1.29 is 89.4 Å². The van der Waals surface area contributed by atoms with Gasteiger partial charge in [0.05, 0.1) is 38.6 Å². The highest BCUT2D eigenvalue weighted by molar-refractivity contribution is 5.76. The molecule has 17 unspecified atom stereocenters. The lowest BCUT2D eigenvalue weighted by molar-refractivity contribution is -0.379. The molecular weight excluding hydrogens is 1360 g/mol. The van der Waals surface area contributed by atoms with Crippen LogP contribution in [0, 0.1) is 0 Å². The Morgan fingerprint density at radius 2 is 0.617 bits per heavy atom. The van der Waals surface area contributed by atoms with Gasteiger partial charge in [-0.2, -0.15) is 0 Å². The third-order valence-corrected chi connectivity index (χ3v) is 22.5. The van der Waals surface area contributed by atoms with Crippen molar-refractivity contribution in [1.29, 1.82) is 0 Å². The average Bonchev–Trinajstić information content (AvgIpc) is 0.782. The summed E-state index contributed by atoms with van der Waals surface area (Å²) in [4.78, 5) is 13.5. The fourth-order valence-corrected chi connectivity index (χ4v) is 15.3. The largest absolute Gasteiger partial charge is 0.394 e. The summed E-state index contributed by atoms with van der Waals surface area (Å²) in [6.45, 7) is 1.85. The number of amides is 1. The highest BCUT2D eigenvalue weighted by Gasteiger charge is 2.54. The van der Waals surface area contributed by atoms with Crippen LogP contribution in [0.15, 0.2) is 36.5 Å². The summed E-state index contributed by atoms with van der Waals surface area (Å²) in [6, 6.07) is -0.886. The first-order valence-corrected chi connectivity index (χ1v) is 44.7. The molecule has 0 spiro atoms. The molecule has 17 atom stereocenters. The van der Waals surface area contributed by atoms with Crippen LogP contribution in [-0.4, -0.2) is 193 Å². The average molecular weight is 1530 g/mol. The molecule has 0 radical (unpaired) electrons. The summed E-state index contributed by atoms with van der Waals surface area (Å²) in [7, 11) is 0. The Labute approximate surface area is 651 Å². The predicted octanol–water partition coefficient (Wildman–Crippen LogP) is 16.6. The zero-order valence-electron chi connectivity index (χ0n) is 67.9. The van der Waals surface area contributed by atoms with Crippen LogP contribution in [0.4, 0.5) is 0 Å². The van der Waals surface area contributed by atoms with Gasteiger partial charge in [-0.15, -0.1) is 0 Å². The molecule has 3 rings (SSSR count). The van der Waals surface area contributed by atoms with Crippen molar-refractivity contribution in [3.05, 3.63) is 36.5 Å². The van der Waals surface area contributed by atoms with Crippen LogP contribution in [0.3, 0.4) is 0 Å². The van der Waals surface area contributed by atoms with Crippen molar-refractivity contribution in [3.63, 3.8) is 0 Å². The maximum atomic E-state index is 13.5. The number of unbranched alkanes of at least 4 members (excludes halogenated alkanes) is 51. The van der Waals surface area contributed by atoms with Crippen LogP contribution < -0.4 is 5.32 Å². The second kappa shape index (κ2) is 68.4. The summed E-state index contributed by atoms with van der Waals surface area (Å²) < 4.78 is 34.6. The number of aliphatic hydroxyl groups excluding tert-OH is 11. The maximum absolute atomic E-state index is 13.5. The quantitative estimate of drug-likeness (QED) is 0.0199. The van der Waals surface area contributed by atoms with E-state index < -0.39 is 124 Å². The number of nitrogens with one attached hydrogen (secondary N) is 1. The molecule has 0 aromatic heterocycles. The van der Waals surface area contributed by atoms with Crippen molar-refractivity contribution >= 4 is 5.91 Å². The van der Waals surface area contributed by atoms with Crippen LogP contribution in [0.25, 0.3) is 0 Å². The maximum Gasteiger partial charge on any atom is 0.220 e. The minimum absolute atomic E-state index is 0.234. The van der Waals surface area contributed by atoms with Crippen molar-refractivity contribution in [1.82, 2.24) is 5.32 Å². The fourth-order valence-electron chi connectivity index (χ4n) is 15.3. The second-order valence-corrected chi connectivity index (χ2v) is 32.1. The Hall–Kier alpha value is -1.99. The van der Waals surface area contributed by atoms with Gasteiger partial charge in [-0.25, -0.2) is 0 Å². The molecule has 19 nitrogen and oxygen atoms in total. The van der Waals surface area contributed by atoms with Crippen molar-refractivity contribution in [2.24, 2.45) is 0 Å². The van der Waals surface area contributed by atoms with Crippen LogP contribution in [0.2, 0.25) is 0 Å². The second-order valence-electron chi connectivity index (χ2n) is 32.1. The van der Waals surface area contributed by atoms with Crippen LogP contribution >= 0.6 is 0 Å². The zero-order chi connectivity index (χ0) is 77.4. The van der Waals surface area contributed by atoms with Gasteiger partial charge in [0.2, 0.25) is 5.91 Å². The van der Waals surface area contributed by atoms with Gasteiger partial charge >= 0.3 is 0 Å². The number of aliphatic hydroxyl groups is 11. The van der Waals surface area contributed by atoms with Crippen LogP contribution in [-0.2, 0) is 33.2 Å². The Balaban J connectivity index is 1.28. The van der Waals surface area contributed by atoms with Crippen LogP contribution in [0.1, 0.15) is 386 Å². The topological polar surface area (TPSA) is 307 Å². The molecule has 3 heterocycles. The molecule has 12 N–H and O–H groups in total. The van der Waals surface area contributed by atoms with Gasteiger partial charge in [-0.3, -0.25) is 4.79 Å². The molecule has 107 heavy (non-hydrogen) atoms. The van der Waals surface area contributed by atoms with Gasteiger partial charge < -0.3 is 89.9 Å². The summed E-state index contributed by atoms with van der Waals surface area (Å²) >= 11 is 0. The molecular formula is C88H165NO18. The van der Waals surface area contributed by atoms with E-state index in [1.54, 1.807) is 0 Å². The molecule has 3 fully saturated rings. The van der Waals surface area contributed by atoms with Gasteiger partial charge in [0.1, 0.15) is 73.2 Å². The smallest absolute Gasteiger partial charge is 0.220 e. The SMILES string of the molecule is CCCCCCC/C=C\C/C=C\C/C=C\CCCCCCCCCCCCCCCCCCCCCCCCCCCCC(=O)NC(COC1OC(CO)C(OC2OC(CO)C(OC3OC(CO)C(O)C(O)C3O)C(O)C2O)C(O)C1O)C(O)CCCCCCCCCCCCCCCCCCCCCCC. The zero-order valence-corrected chi connectivity index (χ0v) is 67.9. The Kier molecular flexibility index (Phi) is 63.4. The van der Waals surface area contributed by atoms with E-state index >= 15 is 0 Å². The number of hydrogen-bond acceptors (Lipinski definition) is 18. The molecule has 1 amide bonds. The number of ether oxygens (including phenoxy) is 6. The first-order valence-electron chi connectivity index (χ1n) is 44.7. The molecule has 0 aromatic rings. The van der Waals surface area contributed by atoms with E-state index in [4.69, 9.17) is 28.4 Å². The lowest BCUT2D eigenvalue weighted by Crippen LogP contribution is -2.66. The van der Waals surface area contributed by atoms with E-state index in [1.807, 2.05) is 0 Å². The lowest BCUT2D eigenvalue weighted by atomic mass is 9.96. The minimum atomic E-state index is -1.97. The monoisotopic (exact) mass is 1520 g/mol. The Morgan fingerprint density at radius 3 is 0.963 bits per heavy atom. The van der Waals surface area contributed by atoms with E-state index in [0.29, 0.717) is 12.8 Å². The van der Waals surface area contributed by atoms with Gasteiger partial charge in [-0.05, 0) is 51.4 Å². The molecule has 630 valence electrons. The van der Waals surface area contributed by atoms with E-state index in [1.165, 1.54) is 295 Å². The predicted molar refractivity (Wildman–Crippen MR) is 429 cm³/mol. The van der Waals surface area contributed by atoms with Gasteiger partial charge in [-0.1, -0.05) is 365 Å². The first-order chi connectivity index (χ1) is 52.3. The summed E-state index contributed by atoms with van der Waals surface area (Å²) in [5, 5.41) is 121. The Morgan fingerprint density at radius 1 is 0.336 bits per heavy atom. The summed E-state index contributed by atoms with van der Waals surface area (Å²) in [6.07, 6.45) is 59.8. The molecule has 3 aliphatic rings. The number of allylic oxidation sites excluding steroid dienone is 6. The molecule has 0 bridgehead atoms. The molecule has 3 saturated heterocycles. The molecule has 0 aliphatic carbocycles. The van der Waals surface area contributed by atoms with Gasteiger partial charge in [0.15, 0.2) is 18.9 Å². The summed E-state index contributed by atoms with van der Waals surface area (Å²) in [5.41, 5.74) is 0. The van der Waals surface area contributed by atoms with Crippen molar-refractivity contribution in [2.45, 2.75) is 491 Å². The van der Waals surface area contributed by atoms with Crippen molar-refractivity contribution in [3.8, 4) is 0 Å². The standard InChI is InChI=1S/C88H165NO18/c1-3-5-7-9-11-13-15-17-19-21-23-25-26-27-28-29-30-31-32-33-34-35-36-37-38-39-40-41-42-43-44-46-48-50-52-54-56-58-60-62-64-66-76(94)89-71(72(93)65-63-61-59-57-55-53-51-49-47-45-24-22-20-18-16-14-12-10-8-6-4-2)70-102-86-82(100)79(97)84(74(68-91)104-86)107-88-83(101)80(98)85(75(69-92)105-88)106-87-81(99)78(96)77(95)73(67-90)103-87/h15,17,21,23,26-27,71-75,77-88,90-93,95-101H,3-14,16,18-20,22,24-25,28-70H2,1-2H3,(H,89,94)/b17-15-,23-21-,27-26-. The number of rotatable bonds is 73. The third kappa shape index (κ3) is 47.5. The number of carbonyl (C=O) groups excluding carboxylic acids is 1. The highest BCUT2D eigenvalue weighted by atomic mass is 16.8.